The molecule has 0 aromatic carbocycles. The molecule has 0 bridgehead atoms. The summed E-state index contributed by atoms with van der Waals surface area (Å²) in [7, 11) is 1.60. The first kappa shape index (κ1) is 12.6. The van der Waals surface area contributed by atoms with Crippen LogP contribution in [0.5, 0.6) is 5.88 Å². The largest absolute Gasteiger partial charge is 0.479 e. The van der Waals surface area contributed by atoms with Gasteiger partial charge in [0.25, 0.3) is 0 Å². The Hall–Kier alpha value is -1.43. The summed E-state index contributed by atoms with van der Waals surface area (Å²) in [6, 6.07) is 0.334. The van der Waals surface area contributed by atoms with Crippen LogP contribution in [0.3, 0.4) is 0 Å². The molecule has 2 heterocycles. The number of methoxy groups -OCH3 is 1. The number of imidazole rings is 1. The molecule has 0 spiro atoms. The summed E-state index contributed by atoms with van der Waals surface area (Å²) in [4.78, 5) is 11.7. The zero-order valence-electron chi connectivity index (χ0n) is 11.8. The summed E-state index contributed by atoms with van der Waals surface area (Å²) >= 11 is 5.47. The SMILES string of the molecule is COc1ncnc2c1[nH]c(=S)n2C1C(C)(C)C1(C)C. The lowest BCUT2D eigenvalue weighted by Crippen LogP contribution is -2.02. The lowest BCUT2D eigenvalue weighted by atomic mass is 10.0. The number of aromatic amines is 1. The number of nitrogens with zero attached hydrogens (tertiary/aromatic N) is 3. The van der Waals surface area contributed by atoms with Crippen molar-refractivity contribution in [3.8, 4) is 5.88 Å². The van der Waals surface area contributed by atoms with Crippen LogP contribution in [0.15, 0.2) is 6.33 Å². The van der Waals surface area contributed by atoms with Gasteiger partial charge in [0.1, 0.15) is 11.8 Å². The molecule has 2 aromatic heterocycles. The Morgan fingerprint density at radius 1 is 1.26 bits per heavy atom. The van der Waals surface area contributed by atoms with E-state index < -0.39 is 0 Å². The topological polar surface area (TPSA) is 55.7 Å². The number of hydrogen-bond acceptors (Lipinski definition) is 4. The van der Waals surface area contributed by atoms with Crippen molar-refractivity contribution < 1.29 is 4.74 Å². The highest BCUT2D eigenvalue weighted by atomic mass is 32.1. The second kappa shape index (κ2) is 3.56. The van der Waals surface area contributed by atoms with E-state index in [1.54, 1.807) is 7.11 Å². The molecule has 3 rings (SSSR count). The number of H-pyrrole nitrogens is 1. The second-order valence-corrected chi connectivity index (χ2v) is 6.61. The van der Waals surface area contributed by atoms with Crippen LogP contribution in [0.1, 0.15) is 33.7 Å². The van der Waals surface area contributed by atoms with Crippen molar-refractivity contribution in [3.63, 3.8) is 0 Å². The summed E-state index contributed by atoms with van der Waals surface area (Å²) < 4.78 is 8.04. The molecule has 5 nitrogen and oxygen atoms in total. The maximum absolute atomic E-state index is 5.47. The summed E-state index contributed by atoms with van der Waals surface area (Å²) in [5, 5.41) is 0. The average Bonchev–Trinajstić information content (AvgIpc) is 2.62. The summed E-state index contributed by atoms with van der Waals surface area (Å²) in [6.07, 6.45) is 1.52. The third kappa shape index (κ3) is 1.43. The Kier molecular flexibility index (Phi) is 2.36. The van der Waals surface area contributed by atoms with Crippen LogP contribution in [0.2, 0.25) is 0 Å². The standard InChI is InChI=1S/C13H18N4OS/c1-12(2)10(13(12,3)4)17-8-7(16-11(17)19)9(18-5)15-6-14-8/h6,10H,1-5H3,(H,16,19). The molecule has 19 heavy (non-hydrogen) atoms. The van der Waals surface area contributed by atoms with Crippen molar-refractivity contribution in [2.45, 2.75) is 33.7 Å². The molecule has 0 radical (unpaired) electrons. The van der Waals surface area contributed by atoms with E-state index in [9.17, 15) is 0 Å². The molecule has 1 saturated carbocycles. The summed E-state index contributed by atoms with van der Waals surface area (Å²) in [5.74, 6) is 0.533. The van der Waals surface area contributed by atoms with Crippen LogP contribution >= 0.6 is 12.2 Å². The highest BCUT2D eigenvalue weighted by molar-refractivity contribution is 7.71. The minimum absolute atomic E-state index is 0.193. The molecule has 1 aliphatic rings. The van der Waals surface area contributed by atoms with Gasteiger partial charge >= 0.3 is 0 Å². The molecule has 102 valence electrons. The molecule has 1 aliphatic carbocycles. The predicted octanol–water partition coefficient (Wildman–Crippen LogP) is 3.10. The zero-order chi connectivity index (χ0) is 14.0. The molecule has 1 N–H and O–H groups in total. The van der Waals surface area contributed by atoms with Gasteiger partial charge in [-0.05, 0) is 23.0 Å². The van der Waals surface area contributed by atoms with Crippen LogP contribution in [0.4, 0.5) is 0 Å². The number of fused-ring (bicyclic) bond motifs is 1. The van der Waals surface area contributed by atoms with Gasteiger partial charge in [0.05, 0.1) is 7.11 Å². The Morgan fingerprint density at radius 2 is 1.89 bits per heavy atom. The molecule has 0 unspecified atom stereocenters. The fourth-order valence-electron chi connectivity index (χ4n) is 3.12. The van der Waals surface area contributed by atoms with Gasteiger partial charge in [-0.2, -0.15) is 4.98 Å². The Labute approximate surface area is 117 Å². The zero-order valence-corrected chi connectivity index (χ0v) is 12.6. The maximum atomic E-state index is 5.47. The highest BCUT2D eigenvalue weighted by Crippen LogP contribution is 2.71. The lowest BCUT2D eigenvalue weighted by molar-refractivity contribution is 0.401. The number of nitrogens with one attached hydrogen (secondary N) is 1. The van der Waals surface area contributed by atoms with Crippen molar-refractivity contribution in [2.24, 2.45) is 10.8 Å². The van der Waals surface area contributed by atoms with Gasteiger partial charge in [-0.1, -0.05) is 27.7 Å². The quantitative estimate of drug-likeness (QED) is 0.858. The highest BCUT2D eigenvalue weighted by Gasteiger charge is 2.66. The Morgan fingerprint density at radius 3 is 2.42 bits per heavy atom. The molecule has 0 amide bonds. The average molecular weight is 278 g/mol. The van der Waals surface area contributed by atoms with Crippen molar-refractivity contribution in [2.75, 3.05) is 7.11 Å². The normalized spacial score (nSPS) is 20.7. The first-order valence-electron chi connectivity index (χ1n) is 6.31. The van der Waals surface area contributed by atoms with E-state index in [-0.39, 0.29) is 10.8 Å². The van der Waals surface area contributed by atoms with Crippen molar-refractivity contribution >= 4 is 23.4 Å². The number of ether oxygens (including phenoxy) is 1. The molecule has 2 aromatic rings. The van der Waals surface area contributed by atoms with Crippen molar-refractivity contribution in [3.05, 3.63) is 11.1 Å². The molecule has 6 heteroatoms. The smallest absolute Gasteiger partial charge is 0.242 e. The van der Waals surface area contributed by atoms with E-state index in [4.69, 9.17) is 17.0 Å². The minimum Gasteiger partial charge on any atom is -0.479 e. The number of aromatic nitrogens is 4. The van der Waals surface area contributed by atoms with Gasteiger partial charge in [-0.3, -0.25) is 4.57 Å². The monoisotopic (exact) mass is 278 g/mol. The van der Waals surface area contributed by atoms with Gasteiger partial charge in [-0.15, -0.1) is 0 Å². The van der Waals surface area contributed by atoms with Gasteiger partial charge in [-0.25, -0.2) is 4.98 Å². The predicted molar refractivity (Wildman–Crippen MR) is 75.9 cm³/mol. The van der Waals surface area contributed by atoms with E-state index >= 15 is 0 Å². The van der Waals surface area contributed by atoms with Crippen LogP contribution in [0, 0.1) is 15.6 Å². The van der Waals surface area contributed by atoms with E-state index in [1.807, 2.05) is 0 Å². The summed E-state index contributed by atoms with van der Waals surface area (Å²) in [6.45, 7) is 9.04. The van der Waals surface area contributed by atoms with Gasteiger partial charge in [0.15, 0.2) is 10.4 Å². The lowest BCUT2D eigenvalue weighted by Gasteiger charge is -2.06. The van der Waals surface area contributed by atoms with E-state index in [1.165, 1.54) is 6.33 Å². The number of rotatable bonds is 2. The van der Waals surface area contributed by atoms with Gasteiger partial charge < -0.3 is 9.72 Å². The van der Waals surface area contributed by atoms with Crippen LogP contribution in [0.25, 0.3) is 11.2 Å². The van der Waals surface area contributed by atoms with E-state index in [0.717, 1.165) is 11.2 Å². The van der Waals surface area contributed by atoms with E-state index in [2.05, 4.69) is 47.2 Å². The summed E-state index contributed by atoms with van der Waals surface area (Å²) in [5.41, 5.74) is 1.98. The Balaban J connectivity index is 2.27. The number of hydrogen-bond donors (Lipinski definition) is 1. The van der Waals surface area contributed by atoms with E-state index in [0.29, 0.717) is 16.7 Å². The first-order valence-corrected chi connectivity index (χ1v) is 6.72. The van der Waals surface area contributed by atoms with Crippen molar-refractivity contribution in [1.29, 1.82) is 0 Å². The van der Waals surface area contributed by atoms with Gasteiger partial charge in [0, 0.05) is 6.04 Å². The van der Waals surface area contributed by atoms with Crippen molar-refractivity contribution in [1.82, 2.24) is 19.5 Å². The second-order valence-electron chi connectivity index (χ2n) is 6.23. The third-order valence-electron chi connectivity index (χ3n) is 4.87. The molecule has 0 saturated heterocycles. The first-order chi connectivity index (χ1) is 8.82. The molecular weight excluding hydrogens is 260 g/mol. The Bertz CT molecular complexity index is 699. The molecular formula is C13H18N4OS. The van der Waals surface area contributed by atoms with Crippen LogP contribution < -0.4 is 4.74 Å². The fraction of sp³-hybridized carbons (Fsp3) is 0.615. The van der Waals surface area contributed by atoms with Crippen LogP contribution in [-0.4, -0.2) is 26.6 Å². The third-order valence-corrected chi connectivity index (χ3v) is 5.17. The molecule has 1 fully saturated rings. The molecule has 0 atom stereocenters. The molecule has 0 aliphatic heterocycles. The minimum atomic E-state index is 0.193. The van der Waals surface area contributed by atoms with Gasteiger partial charge in [0.2, 0.25) is 5.88 Å². The maximum Gasteiger partial charge on any atom is 0.242 e. The van der Waals surface area contributed by atoms with Crippen LogP contribution in [-0.2, 0) is 0 Å². The fourth-order valence-corrected chi connectivity index (χ4v) is 3.41.